The summed E-state index contributed by atoms with van der Waals surface area (Å²) in [6.45, 7) is 1.62. The lowest BCUT2D eigenvalue weighted by Crippen LogP contribution is -2.33. The van der Waals surface area contributed by atoms with E-state index >= 15 is 0 Å². The van der Waals surface area contributed by atoms with Gasteiger partial charge in [-0.05, 0) is 24.3 Å². The SMILES string of the molecule is CO[C@@H]1CNCC1Nc1ccc(S(N)(=O)=O)cc1. The van der Waals surface area contributed by atoms with Gasteiger partial charge in [0.2, 0.25) is 10.0 Å². The number of anilines is 1. The molecule has 18 heavy (non-hydrogen) atoms. The number of nitrogens with one attached hydrogen (secondary N) is 2. The van der Waals surface area contributed by atoms with Crippen molar-refractivity contribution in [1.82, 2.24) is 5.32 Å². The van der Waals surface area contributed by atoms with E-state index in [0.717, 1.165) is 18.8 Å². The smallest absolute Gasteiger partial charge is 0.238 e. The van der Waals surface area contributed by atoms with Gasteiger partial charge in [-0.3, -0.25) is 0 Å². The fourth-order valence-electron chi connectivity index (χ4n) is 2.00. The molecule has 0 spiro atoms. The van der Waals surface area contributed by atoms with E-state index in [4.69, 9.17) is 9.88 Å². The highest BCUT2D eigenvalue weighted by Crippen LogP contribution is 2.16. The average Bonchev–Trinajstić information content (AvgIpc) is 2.76. The number of primary sulfonamides is 1. The van der Waals surface area contributed by atoms with Gasteiger partial charge in [-0.25, -0.2) is 13.6 Å². The summed E-state index contributed by atoms with van der Waals surface area (Å²) >= 11 is 0. The number of methoxy groups -OCH3 is 1. The zero-order valence-corrected chi connectivity index (χ0v) is 10.9. The van der Waals surface area contributed by atoms with Crippen LogP contribution in [0.1, 0.15) is 0 Å². The Balaban J connectivity index is 2.07. The molecule has 1 aromatic rings. The van der Waals surface area contributed by atoms with Crippen LogP contribution in [0, 0.1) is 0 Å². The summed E-state index contributed by atoms with van der Waals surface area (Å²) in [6, 6.07) is 6.55. The maximum absolute atomic E-state index is 11.1. The minimum atomic E-state index is -3.63. The fourth-order valence-corrected chi connectivity index (χ4v) is 2.52. The van der Waals surface area contributed by atoms with Crippen LogP contribution in [0.25, 0.3) is 0 Å². The van der Waals surface area contributed by atoms with Crippen LogP contribution in [0.4, 0.5) is 5.69 Å². The second kappa shape index (κ2) is 5.23. The lowest BCUT2D eigenvalue weighted by atomic mass is 10.2. The topological polar surface area (TPSA) is 93.4 Å². The highest BCUT2D eigenvalue weighted by Gasteiger charge is 2.26. The predicted octanol–water partition coefficient (Wildman–Crippen LogP) is -0.267. The molecule has 1 unspecified atom stereocenters. The molecule has 0 amide bonds. The van der Waals surface area contributed by atoms with E-state index < -0.39 is 10.0 Å². The second-order valence-electron chi connectivity index (χ2n) is 4.25. The molecule has 6 nitrogen and oxygen atoms in total. The van der Waals surface area contributed by atoms with Gasteiger partial charge >= 0.3 is 0 Å². The molecule has 0 saturated carbocycles. The maximum atomic E-state index is 11.1. The van der Waals surface area contributed by atoms with Gasteiger partial charge in [0.05, 0.1) is 17.0 Å². The normalized spacial score (nSPS) is 24.1. The zero-order chi connectivity index (χ0) is 13.2. The number of sulfonamides is 1. The van der Waals surface area contributed by atoms with Gasteiger partial charge in [-0.15, -0.1) is 0 Å². The Morgan fingerprint density at radius 3 is 2.56 bits per heavy atom. The van der Waals surface area contributed by atoms with E-state index in [1.54, 1.807) is 19.2 Å². The molecular weight excluding hydrogens is 254 g/mol. The Kier molecular flexibility index (Phi) is 3.86. The highest BCUT2D eigenvalue weighted by molar-refractivity contribution is 7.89. The van der Waals surface area contributed by atoms with Crippen molar-refractivity contribution < 1.29 is 13.2 Å². The van der Waals surface area contributed by atoms with E-state index in [1.807, 2.05) is 0 Å². The van der Waals surface area contributed by atoms with Gasteiger partial charge in [0, 0.05) is 25.9 Å². The zero-order valence-electron chi connectivity index (χ0n) is 10.1. The van der Waals surface area contributed by atoms with Crippen LogP contribution in [0.3, 0.4) is 0 Å². The first-order valence-electron chi connectivity index (χ1n) is 5.63. The Morgan fingerprint density at radius 2 is 2.00 bits per heavy atom. The van der Waals surface area contributed by atoms with Crippen LogP contribution in [0.15, 0.2) is 29.2 Å². The minimum absolute atomic E-state index is 0.112. The van der Waals surface area contributed by atoms with Crippen molar-refractivity contribution >= 4 is 15.7 Å². The summed E-state index contributed by atoms with van der Waals surface area (Å²) in [6.07, 6.45) is 0.114. The molecule has 2 atom stereocenters. The van der Waals surface area contributed by atoms with Gasteiger partial charge in [0.25, 0.3) is 0 Å². The monoisotopic (exact) mass is 271 g/mol. The van der Waals surface area contributed by atoms with Crippen molar-refractivity contribution in [3.8, 4) is 0 Å². The molecule has 7 heteroatoms. The van der Waals surface area contributed by atoms with Crippen LogP contribution >= 0.6 is 0 Å². The second-order valence-corrected chi connectivity index (χ2v) is 5.81. The van der Waals surface area contributed by atoms with Crippen molar-refractivity contribution in [2.75, 3.05) is 25.5 Å². The third kappa shape index (κ3) is 2.99. The number of nitrogens with two attached hydrogens (primary N) is 1. The largest absolute Gasteiger partial charge is 0.378 e. The summed E-state index contributed by atoms with van der Waals surface area (Å²) in [5.41, 5.74) is 0.846. The summed E-state index contributed by atoms with van der Waals surface area (Å²) in [5, 5.41) is 11.6. The Labute approximate surface area is 107 Å². The van der Waals surface area contributed by atoms with Crippen LogP contribution < -0.4 is 15.8 Å². The maximum Gasteiger partial charge on any atom is 0.238 e. The van der Waals surface area contributed by atoms with Crippen molar-refractivity contribution in [2.45, 2.75) is 17.0 Å². The Bertz CT molecular complexity index is 501. The molecular formula is C11H17N3O3S. The van der Waals surface area contributed by atoms with Crippen LogP contribution in [0.5, 0.6) is 0 Å². The number of rotatable bonds is 4. The minimum Gasteiger partial charge on any atom is -0.378 e. The molecule has 1 fully saturated rings. The molecule has 0 bridgehead atoms. The molecule has 0 radical (unpaired) electrons. The predicted molar refractivity (Wildman–Crippen MR) is 68.9 cm³/mol. The first-order chi connectivity index (χ1) is 8.50. The van der Waals surface area contributed by atoms with Crippen molar-refractivity contribution in [3.05, 3.63) is 24.3 Å². The molecule has 0 aromatic heterocycles. The Morgan fingerprint density at radius 1 is 1.33 bits per heavy atom. The molecule has 1 heterocycles. The standard InChI is InChI=1S/C11H17N3O3S/c1-17-11-7-13-6-10(11)14-8-2-4-9(5-3-8)18(12,15)16/h2-5,10-11,13-14H,6-7H2,1H3,(H2,12,15,16)/t10?,11-/m1/s1. The van der Waals surface area contributed by atoms with Gasteiger partial charge in [-0.1, -0.05) is 0 Å². The van der Waals surface area contributed by atoms with Crippen LogP contribution in [0.2, 0.25) is 0 Å². The third-order valence-corrected chi connectivity index (χ3v) is 3.93. The van der Waals surface area contributed by atoms with Gasteiger partial charge in [-0.2, -0.15) is 0 Å². The van der Waals surface area contributed by atoms with Gasteiger partial charge < -0.3 is 15.4 Å². The van der Waals surface area contributed by atoms with E-state index in [0.29, 0.717) is 0 Å². The van der Waals surface area contributed by atoms with E-state index in [1.165, 1.54) is 12.1 Å². The first-order valence-corrected chi connectivity index (χ1v) is 7.18. The Hall–Kier alpha value is -1.15. The van der Waals surface area contributed by atoms with Crippen molar-refractivity contribution in [1.29, 1.82) is 0 Å². The molecule has 1 aromatic carbocycles. The quantitative estimate of drug-likeness (QED) is 0.701. The first kappa shape index (κ1) is 13.3. The van der Waals surface area contributed by atoms with Crippen molar-refractivity contribution in [3.63, 3.8) is 0 Å². The van der Waals surface area contributed by atoms with E-state index in [9.17, 15) is 8.42 Å². The molecule has 4 N–H and O–H groups in total. The summed E-state index contributed by atoms with van der Waals surface area (Å²) in [5.74, 6) is 0. The molecule has 2 rings (SSSR count). The van der Waals surface area contributed by atoms with Crippen LogP contribution in [-0.4, -0.2) is 40.8 Å². The number of benzene rings is 1. The van der Waals surface area contributed by atoms with Crippen LogP contribution in [-0.2, 0) is 14.8 Å². The van der Waals surface area contributed by atoms with Gasteiger partial charge in [0.15, 0.2) is 0 Å². The fraction of sp³-hybridized carbons (Fsp3) is 0.455. The third-order valence-electron chi connectivity index (χ3n) is 3.00. The van der Waals surface area contributed by atoms with E-state index in [-0.39, 0.29) is 17.0 Å². The molecule has 1 saturated heterocycles. The number of ether oxygens (including phenoxy) is 1. The number of hydrogen-bond donors (Lipinski definition) is 3. The van der Waals surface area contributed by atoms with Gasteiger partial charge in [0.1, 0.15) is 0 Å². The summed E-state index contributed by atoms with van der Waals surface area (Å²) in [4.78, 5) is 0.112. The molecule has 0 aliphatic carbocycles. The number of hydrogen-bond acceptors (Lipinski definition) is 5. The molecule has 1 aliphatic rings. The highest BCUT2D eigenvalue weighted by atomic mass is 32.2. The van der Waals surface area contributed by atoms with E-state index in [2.05, 4.69) is 10.6 Å². The molecule has 100 valence electrons. The lowest BCUT2D eigenvalue weighted by Gasteiger charge is -2.19. The summed E-state index contributed by atoms with van der Waals surface area (Å²) in [7, 11) is -1.95. The summed E-state index contributed by atoms with van der Waals surface area (Å²) < 4.78 is 27.6. The van der Waals surface area contributed by atoms with Crippen molar-refractivity contribution in [2.24, 2.45) is 5.14 Å². The molecule has 1 aliphatic heterocycles. The lowest BCUT2D eigenvalue weighted by molar-refractivity contribution is 0.111. The average molecular weight is 271 g/mol.